The summed E-state index contributed by atoms with van der Waals surface area (Å²) in [5, 5.41) is 3.15. The Morgan fingerprint density at radius 1 is 1.40 bits per heavy atom. The molecule has 82 valence electrons. The maximum atomic E-state index is 5.39. The molecule has 0 fully saturated rings. The van der Waals surface area contributed by atoms with Crippen LogP contribution in [0.15, 0.2) is 23.1 Å². The summed E-state index contributed by atoms with van der Waals surface area (Å²) in [6.45, 7) is 1.54. The molecule has 0 radical (unpaired) electrons. The molecule has 1 aromatic carbocycles. The molecular formula is C12H18N2S. The van der Waals surface area contributed by atoms with Crippen LogP contribution in [0.2, 0.25) is 0 Å². The summed E-state index contributed by atoms with van der Waals surface area (Å²) in [6.07, 6.45) is 3.65. The minimum Gasteiger partial charge on any atom is -0.318 e. The molecule has 3 heteroatoms. The zero-order chi connectivity index (χ0) is 10.5. The molecule has 2 nitrogen and oxygen atoms in total. The second kappa shape index (κ2) is 5.54. The van der Waals surface area contributed by atoms with Crippen molar-refractivity contribution in [3.63, 3.8) is 0 Å². The van der Waals surface area contributed by atoms with Gasteiger partial charge in [-0.3, -0.25) is 0 Å². The molecular weight excluding hydrogens is 204 g/mol. The lowest BCUT2D eigenvalue weighted by atomic mass is 10.0. The van der Waals surface area contributed by atoms with Crippen LogP contribution >= 0.6 is 11.8 Å². The lowest BCUT2D eigenvalue weighted by Gasteiger charge is -2.16. The van der Waals surface area contributed by atoms with E-state index in [4.69, 9.17) is 5.73 Å². The van der Waals surface area contributed by atoms with Gasteiger partial charge in [0.15, 0.2) is 0 Å². The molecule has 1 aromatic rings. The number of fused-ring (bicyclic) bond motifs is 1. The standard InChI is InChI=1S/C12H18N2S/c13-9-14-6-5-10-3-4-12-11(8-10)2-1-7-15-12/h3-4,8,14H,1-2,5-7,9,13H2. The summed E-state index contributed by atoms with van der Waals surface area (Å²) in [6, 6.07) is 6.88. The first kappa shape index (κ1) is 11.0. The van der Waals surface area contributed by atoms with E-state index in [2.05, 4.69) is 23.5 Å². The Labute approximate surface area is 95.6 Å². The minimum absolute atomic E-state index is 0.570. The number of hydrogen-bond donors (Lipinski definition) is 2. The molecule has 15 heavy (non-hydrogen) atoms. The SMILES string of the molecule is NCNCCc1ccc2c(c1)CCCS2. The summed E-state index contributed by atoms with van der Waals surface area (Å²) in [7, 11) is 0. The van der Waals surface area contributed by atoms with Crippen LogP contribution in [-0.4, -0.2) is 19.0 Å². The lowest BCUT2D eigenvalue weighted by Crippen LogP contribution is -2.24. The second-order valence-electron chi connectivity index (χ2n) is 3.85. The van der Waals surface area contributed by atoms with Crippen LogP contribution in [0.25, 0.3) is 0 Å². The smallest absolute Gasteiger partial charge is 0.0428 e. The zero-order valence-electron chi connectivity index (χ0n) is 8.96. The Kier molecular flexibility index (Phi) is 4.06. The maximum Gasteiger partial charge on any atom is 0.0428 e. The molecule has 3 N–H and O–H groups in total. The fourth-order valence-electron chi connectivity index (χ4n) is 1.90. The maximum absolute atomic E-state index is 5.39. The first-order valence-corrected chi connectivity index (χ1v) is 6.54. The predicted octanol–water partition coefficient (Wildman–Crippen LogP) is 1.77. The highest BCUT2D eigenvalue weighted by atomic mass is 32.2. The normalized spacial score (nSPS) is 15.0. The average Bonchev–Trinajstić information content (AvgIpc) is 2.29. The lowest BCUT2D eigenvalue weighted by molar-refractivity contribution is 0.700. The quantitative estimate of drug-likeness (QED) is 0.602. The number of rotatable bonds is 4. The van der Waals surface area contributed by atoms with Gasteiger partial charge in [0.2, 0.25) is 0 Å². The summed E-state index contributed by atoms with van der Waals surface area (Å²) in [5.41, 5.74) is 8.36. The van der Waals surface area contributed by atoms with E-state index in [1.54, 1.807) is 0 Å². The van der Waals surface area contributed by atoms with Crippen LogP contribution < -0.4 is 11.1 Å². The van der Waals surface area contributed by atoms with Gasteiger partial charge in [0.05, 0.1) is 0 Å². The van der Waals surface area contributed by atoms with Gasteiger partial charge in [-0.15, -0.1) is 11.8 Å². The van der Waals surface area contributed by atoms with Crippen molar-refractivity contribution < 1.29 is 0 Å². The van der Waals surface area contributed by atoms with E-state index in [1.807, 2.05) is 11.8 Å². The van der Waals surface area contributed by atoms with Gasteiger partial charge in [0, 0.05) is 18.1 Å². The van der Waals surface area contributed by atoms with E-state index >= 15 is 0 Å². The van der Waals surface area contributed by atoms with Gasteiger partial charge in [0.25, 0.3) is 0 Å². The first-order chi connectivity index (χ1) is 7.40. The zero-order valence-corrected chi connectivity index (χ0v) is 9.78. The van der Waals surface area contributed by atoms with Crippen LogP contribution in [0.1, 0.15) is 17.5 Å². The van der Waals surface area contributed by atoms with Gasteiger partial charge in [-0.1, -0.05) is 12.1 Å². The number of nitrogens with one attached hydrogen (secondary N) is 1. The number of benzene rings is 1. The Morgan fingerprint density at radius 2 is 2.33 bits per heavy atom. The molecule has 0 aromatic heterocycles. The molecule has 0 saturated carbocycles. The Morgan fingerprint density at radius 3 is 3.20 bits per heavy atom. The van der Waals surface area contributed by atoms with Gasteiger partial charge in [0.1, 0.15) is 0 Å². The highest BCUT2D eigenvalue weighted by Crippen LogP contribution is 2.30. The van der Waals surface area contributed by atoms with Gasteiger partial charge in [-0.25, -0.2) is 0 Å². The Balaban J connectivity index is 2.00. The first-order valence-electron chi connectivity index (χ1n) is 5.55. The van der Waals surface area contributed by atoms with E-state index in [0.717, 1.165) is 13.0 Å². The van der Waals surface area contributed by atoms with E-state index in [9.17, 15) is 0 Å². The third-order valence-corrected chi connectivity index (χ3v) is 3.91. The number of aryl methyl sites for hydroxylation is 1. The average molecular weight is 222 g/mol. The summed E-state index contributed by atoms with van der Waals surface area (Å²) >= 11 is 1.99. The number of thioether (sulfide) groups is 1. The van der Waals surface area contributed by atoms with Crippen molar-refractivity contribution in [2.24, 2.45) is 5.73 Å². The van der Waals surface area contributed by atoms with Crippen molar-refractivity contribution in [3.05, 3.63) is 29.3 Å². The second-order valence-corrected chi connectivity index (χ2v) is 4.98. The van der Waals surface area contributed by atoms with Gasteiger partial charge < -0.3 is 11.1 Å². The van der Waals surface area contributed by atoms with Crippen molar-refractivity contribution >= 4 is 11.8 Å². The highest BCUT2D eigenvalue weighted by molar-refractivity contribution is 7.99. The fraction of sp³-hybridized carbons (Fsp3) is 0.500. The topological polar surface area (TPSA) is 38.0 Å². The highest BCUT2D eigenvalue weighted by Gasteiger charge is 2.09. The van der Waals surface area contributed by atoms with E-state index in [0.29, 0.717) is 6.67 Å². The molecule has 1 heterocycles. The van der Waals surface area contributed by atoms with Crippen LogP contribution in [0.4, 0.5) is 0 Å². The molecule has 0 bridgehead atoms. The minimum atomic E-state index is 0.570. The van der Waals surface area contributed by atoms with E-state index in [-0.39, 0.29) is 0 Å². The third-order valence-electron chi connectivity index (χ3n) is 2.71. The number of nitrogens with two attached hydrogens (primary N) is 1. The summed E-state index contributed by atoms with van der Waals surface area (Å²) in [4.78, 5) is 1.48. The molecule has 0 unspecified atom stereocenters. The molecule has 1 aliphatic heterocycles. The third kappa shape index (κ3) is 2.97. The Hall–Kier alpha value is -0.510. The monoisotopic (exact) mass is 222 g/mol. The van der Waals surface area contributed by atoms with Crippen molar-refractivity contribution in [1.29, 1.82) is 0 Å². The molecule has 0 aliphatic carbocycles. The summed E-state index contributed by atoms with van der Waals surface area (Å²) < 4.78 is 0. The predicted molar refractivity (Wildman–Crippen MR) is 66.2 cm³/mol. The molecule has 0 spiro atoms. The van der Waals surface area contributed by atoms with E-state index in [1.165, 1.54) is 34.6 Å². The fourth-order valence-corrected chi connectivity index (χ4v) is 2.92. The largest absolute Gasteiger partial charge is 0.318 e. The Bertz CT molecular complexity index is 325. The van der Waals surface area contributed by atoms with Crippen LogP contribution in [0, 0.1) is 0 Å². The van der Waals surface area contributed by atoms with Gasteiger partial charge in [-0.05, 0) is 42.2 Å². The number of hydrogen-bond acceptors (Lipinski definition) is 3. The van der Waals surface area contributed by atoms with Crippen molar-refractivity contribution in [2.45, 2.75) is 24.2 Å². The van der Waals surface area contributed by atoms with Gasteiger partial charge >= 0.3 is 0 Å². The van der Waals surface area contributed by atoms with Crippen LogP contribution in [0.3, 0.4) is 0 Å². The molecule has 1 aliphatic rings. The van der Waals surface area contributed by atoms with Crippen molar-refractivity contribution in [3.8, 4) is 0 Å². The van der Waals surface area contributed by atoms with Crippen molar-refractivity contribution in [2.75, 3.05) is 19.0 Å². The molecule has 0 atom stereocenters. The van der Waals surface area contributed by atoms with Crippen LogP contribution in [-0.2, 0) is 12.8 Å². The van der Waals surface area contributed by atoms with Gasteiger partial charge in [-0.2, -0.15) is 0 Å². The molecule has 0 amide bonds. The van der Waals surface area contributed by atoms with Crippen LogP contribution in [0.5, 0.6) is 0 Å². The summed E-state index contributed by atoms with van der Waals surface area (Å²) in [5.74, 6) is 1.28. The van der Waals surface area contributed by atoms with E-state index < -0.39 is 0 Å². The molecule has 0 saturated heterocycles. The molecule has 2 rings (SSSR count). The van der Waals surface area contributed by atoms with Crippen molar-refractivity contribution in [1.82, 2.24) is 5.32 Å².